The molecule has 4 nitrogen and oxygen atoms in total. The number of nitrogens with one attached hydrogen (secondary N) is 1. The van der Waals surface area contributed by atoms with Crippen molar-refractivity contribution in [1.29, 1.82) is 0 Å². The van der Waals surface area contributed by atoms with E-state index in [1.165, 1.54) is 6.92 Å². The van der Waals surface area contributed by atoms with E-state index in [9.17, 15) is 9.59 Å². The van der Waals surface area contributed by atoms with Crippen LogP contribution >= 0.6 is 0 Å². The first kappa shape index (κ1) is 14.1. The predicted octanol–water partition coefficient (Wildman–Crippen LogP) is 1.59. The molecule has 2 atom stereocenters. The van der Waals surface area contributed by atoms with Gasteiger partial charge in [-0.2, -0.15) is 0 Å². The van der Waals surface area contributed by atoms with E-state index >= 15 is 0 Å². The lowest BCUT2D eigenvalue weighted by atomic mass is 9.95. The Labute approximate surface area is 91.1 Å². The van der Waals surface area contributed by atoms with Crippen molar-refractivity contribution in [3.8, 4) is 0 Å². The van der Waals surface area contributed by atoms with Crippen LogP contribution in [0.5, 0.6) is 0 Å². The van der Waals surface area contributed by atoms with Gasteiger partial charge in [-0.25, -0.2) is 0 Å². The fraction of sp³-hybridized carbons (Fsp3) is 0.818. The van der Waals surface area contributed by atoms with Crippen molar-refractivity contribution >= 4 is 11.8 Å². The molecule has 0 aromatic rings. The predicted molar refractivity (Wildman–Crippen MR) is 58.8 cm³/mol. The molecule has 88 valence electrons. The molecule has 0 heterocycles. The number of rotatable bonds is 7. The van der Waals surface area contributed by atoms with Gasteiger partial charge in [-0.1, -0.05) is 20.3 Å². The van der Waals surface area contributed by atoms with Crippen LogP contribution in [-0.4, -0.2) is 28.4 Å². The molecule has 0 saturated carbocycles. The van der Waals surface area contributed by atoms with E-state index in [1.54, 1.807) is 13.8 Å². The normalized spacial score (nSPS) is 16.8. The van der Waals surface area contributed by atoms with Gasteiger partial charge < -0.3 is 5.11 Å². The fourth-order valence-electron chi connectivity index (χ4n) is 1.37. The lowest BCUT2D eigenvalue weighted by Crippen LogP contribution is -2.55. The number of carboxylic acids is 1. The van der Waals surface area contributed by atoms with Gasteiger partial charge in [0.2, 0.25) is 0 Å². The lowest BCUT2D eigenvalue weighted by molar-refractivity contribution is -0.145. The molecule has 2 unspecified atom stereocenters. The summed E-state index contributed by atoms with van der Waals surface area (Å²) in [4.78, 5) is 22.3. The number of Topliss-reactive ketones (excluding diaryl/α,β-unsaturated/α-hetero) is 1. The van der Waals surface area contributed by atoms with Crippen molar-refractivity contribution in [2.45, 2.75) is 58.5 Å². The molecule has 0 spiro atoms. The van der Waals surface area contributed by atoms with Crippen LogP contribution in [0.15, 0.2) is 0 Å². The summed E-state index contributed by atoms with van der Waals surface area (Å²) in [6.45, 7) is 6.87. The van der Waals surface area contributed by atoms with Gasteiger partial charge in [0.25, 0.3) is 0 Å². The Morgan fingerprint density at radius 3 is 2.20 bits per heavy atom. The third-order valence-corrected chi connectivity index (χ3v) is 2.74. The van der Waals surface area contributed by atoms with Gasteiger partial charge >= 0.3 is 5.97 Å². The summed E-state index contributed by atoms with van der Waals surface area (Å²) in [6.07, 6.45) is 1.99. The maximum atomic E-state index is 11.3. The molecule has 0 saturated heterocycles. The second-order valence-electron chi connectivity index (χ2n) is 4.09. The Bertz CT molecular complexity index is 240. The van der Waals surface area contributed by atoms with Crippen LogP contribution in [0.1, 0.15) is 47.0 Å². The zero-order valence-electron chi connectivity index (χ0n) is 9.96. The molecule has 0 aliphatic carbocycles. The van der Waals surface area contributed by atoms with Crippen LogP contribution in [0.4, 0.5) is 0 Å². The summed E-state index contributed by atoms with van der Waals surface area (Å²) in [5.41, 5.74) is -1.01. The highest BCUT2D eigenvalue weighted by Gasteiger charge is 2.34. The molecule has 4 heteroatoms. The van der Waals surface area contributed by atoms with Gasteiger partial charge in [0, 0.05) is 0 Å². The first-order chi connectivity index (χ1) is 6.87. The summed E-state index contributed by atoms with van der Waals surface area (Å²) >= 11 is 0. The number of carboxylic acid groups (broad SMARTS) is 1. The highest BCUT2D eigenvalue weighted by Crippen LogP contribution is 2.13. The fourth-order valence-corrected chi connectivity index (χ4v) is 1.37. The molecular formula is C11H21NO3. The van der Waals surface area contributed by atoms with Crippen molar-refractivity contribution in [1.82, 2.24) is 5.32 Å². The molecule has 15 heavy (non-hydrogen) atoms. The topological polar surface area (TPSA) is 66.4 Å². The first-order valence-electron chi connectivity index (χ1n) is 5.39. The van der Waals surface area contributed by atoms with Gasteiger partial charge in [0.05, 0.1) is 6.04 Å². The third-order valence-electron chi connectivity index (χ3n) is 2.74. The molecule has 0 amide bonds. The molecule has 0 bridgehead atoms. The Balaban J connectivity index is 4.62. The molecule has 2 N–H and O–H groups in total. The van der Waals surface area contributed by atoms with Crippen LogP contribution in [0, 0.1) is 0 Å². The minimum Gasteiger partial charge on any atom is -0.480 e. The van der Waals surface area contributed by atoms with Gasteiger partial charge in [0.1, 0.15) is 11.3 Å². The highest BCUT2D eigenvalue weighted by atomic mass is 16.4. The standard InChI is InChI=1S/C11H21NO3/c1-5-7-9(8(3)13)12-11(4,6-2)10(14)15/h9,12H,5-7H2,1-4H3,(H,14,15). The van der Waals surface area contributed by atoms with Gasteiger partial charge in [-0.15, -0.1) is 0 Å². The maximum absolute atomic E-state index is 11.3. The van der Waals surface area contributed by atoms with Crippen molar-refractivity contribution in [2.75, 3.05) is 0 Å². The Hall–Kier alpha value is -0.900. The molecule has 0 aliphatic heterocycles. The van der Waals surface area contributed by atoms with E-state index in [0.717, 1.165) is 6.42 Å². The molecule has 0 radical (unpaired) electrons. The SMILES string of the molecule is CCCC(NC(C)(CC)C(=O)O)C(C)=O. The van der Waals surface area contributed by atoms with E-state index < -0.39 is 11.5 Å². The number of hydrogen-bond acceptors (Lipinski definition) is 3. The largest absolute Gasteiger partial charge is 0.480 e. The first-order valence-corrected chi connectivity index (χ1v) is 5.39. The van der Waals surface area contributed by atoms with E-state index in [-0.39, 0.29) is 11.8 Å². The van der Waals surface area contributed by atoms with Crippen molar-refractivity contribution in [3.05, 3.63) is 0 Å². The second-order valence-corrected chi connectivity index (χ2v) is 4.09. The van der Waals surface area contributed by atoms with Gasteiger partial charge in [0.15, 0.2) is 0 Å². The van der Waals surface area contributed by atoms with Crippen LogP contribution in [0.25, 0.3) is 0 Å². The average Bonchev–Trinajstić information content (AvgIpc) is 2.16. The minimum atomic E-state index is -1.01. The number of carbonyl (C=O) groups excluding carboxylic acids is 1. The van der Waals surface area contributed by atoms with Gasteiger partial charge in [-0.05, 0) is 26.7 Å². The monoisotopic (exact) mass is 215 g/mol. The highest BCUT2D eigenvalue weighted by molar-refractivity contribution is 5.84. The quantitative estimate of drug-likeness (QED) is 0.676. The Morgan fingerprint density at radius 1 is 1.40 bits per heavy atom. The van der Waals surface area contributed by atoms with E-state index in [4.69, 9.17) is 5.11 Å². The van der Waals surface area contributed by atoms with Crippen molar-refractivity contribution in [2.24, 2.45) is 0 Å². The smallest absolute Gasteiger partial charge is 0.323 e. The van der Waals surface area contributed by atoms with Crippen LogP contribution < -0.4 is 5.32 Å². The Morgan fingerprint density at radius 2 is 1.93 bits per heavy atom. The van der Waals surface area contributed by atoms with Crippen molar-refractivity contribution in [3.63, 3.8) is 0 Å². The van der Waals surface area contributed by atoms with Crippen LogP contribution in [0.3, 0.4) is 0 Å². The number of carbonyl (C=O) groups is 2. The molecular weight excluding hydrogens is 194 g/mol. The molecule has 0 aromatic heterocycles. The minimum absolute atomic E-state index is 0.00206. The summed E-state index contributed by atoms with van der Waals surface area (Å²) < 4.78 is 0. The summed E-state index contributed by atoms with van der Waals surface area (Å²) in [5, 5.41) is 12.0. The second kappa shape index (κ2) is 5.85. The lowest BCUT2D eigenvalue weighted by Gasteiger charge is -2.29. The summed E-state index contributed by atoms with van der Waals surface area (Å²) in [7, 11) is 0. The maximum Gasteiger partial charge on any atom is 0.323 e. The molecule has 0 aliphatic rings. The van der Waals surface area contributed by atoms with Crippen molar-refractivity contribution < 1.29 is 14.7 Å². The molecule has 0 aromatic carbocycles. The molecule has 0 rings (SSSR count). The third kappa shape index (κ3) is 4.00. The van der Waals surface area contributed by atoms with Crippen LogP contribution in [0.2, 0.25) is 0 Å². The zero-order chi connectivity index (χ0) is 12.1. The average molecular weight is 215 g/mol. The number of hydrogen-bond donors (Lipinski definition) is 2. The zero-order valence-corrected chi connectivity index (χ0v) is 9.96. The van der Waals surface area contributed by atoms with E-state index in [0.29, 0.717) is 12.8 Å². The summed E-state index contributed by atoms with van der Waals surface area (Å²) in [5.74, 6) is -0.912. The van der Waals surface area contributed by atoms with Gasteiger partial charge in [-0.3, -0.25) is 14.9 Å². The Kier molecular flexibility index (Phi) is 5.50. The van der Waals surface area contributed by atoms with E-state index in [1.807, 2.05) is 6.92 Å². The van der Waals surface area contributed by atoms with Crippen LogP contribution in [-0.2, 0) is 9.59 Å². The summed E-state index contributed by atoms with van der Waals surface area (Å²) in [6, 6.07) is -0.351. The number of aliphatic carboxylic acids is 1. The van der Waals surface area contributed by atoms with E-state index in [2.05, 4.69) is 5.32 Å². The molecule has 0 fully saturated rings. The number of ketones is 1.